The SMILES string of the molecule is COCCNC(=O)C1CN(C(=O)Nc2ccc(F)cc2)CCN1S(=O)(=O)c1cccs1. The summed E-state index contributed by atoms with van der Waals surface area (Å²) in [6.07, 6.45) is 0. The molecule has 3 rings (SSSR count). The Balaban J connectivity index is 1.77. The molecule has 1 fully saturated rings. The molecule has 12 heteroatoms. The van der Waals surface area contributed by atoms with Crippen LogP contribution in [0.4, 0.5) is 14.9 Å². The maximum Gasteiger partial charge on any atom is 0.321 e. The van der Waals surface area contributed by atoms with Crippen LogP contribution in [0.3, 0.4) is 0 Å². The number of anilines is 1. The van der Waals surface area contributed by atoms with Crippen LogP contribution in [0.15, 0.2) is 46.0 Å². The highest BCUT2D eigenvalue weighted by atomic mass is 32.2. The molecule has 1 saturated heterocycles. The average molecular weight is 471 g/mol. The molecule has 0 saturated carbocycles. The summed E-state index contributed by atoms with van der Waals surface area (Å²) in [7, 11) is -2.41. The van der Waals surface area contributed by atoms with Crippen molar-refractivity contribution in [3.8, 4) is 0 Å². The number of urea groups is 1. The van der Waals surface area contributed by atoms with Crippen LogP contribution in [0.2, 0.25) is 0 Å². The second-order valence-electron chi connectivity index (χ2n) is 6.73. The molecule has 1 aromatic heterocycles. The summed E-state index contributed by atoms with van der Waals surface area (Å²) < 4.78 is 45.4. The lowest BCUT2D eigenvalue weighted by atomic mass is 10.2. The van der Waals surface area contributed by atoms with Gasteiger partial charge in [0.05, 0.1) is 6.61 Å². The summed E-state index contributed by atoms with van der Waals surface area (Å²) >= 11 is 1.06. The third kappa shape index (κ3) is 5.58. The first kappa shape index (κ1) is 23.1. The Morgan fingerprint density at radius 1 is 1.23 bits per heavy atom. The summed E-state index contributed by atoms with van der Waals surface area (Å²) in [5, 5.41) is 6.93. The number of carbonyl (C=O) groups is 2. The highest BCUT2D eigenvalue weighted by Gasteiger charge is 2.41. The van der Waals surface area contributed by atoms with Crippen molar-refractivity contribution in [1.29, 1.82) is 0 Å². The Kier molecular flexibility index (Phi) is 7.59. The van der Waals surface area contributed by atoms with Crippen molar-refractivity contribution in [1.82, 2.24) is 14.5 Å². The molecule has 0 spiro atoms. The van der Waals surface area contributed by atoms with Gasteiger partial charge in [0, 0.05) is 39.0 Å². The monoisotopic (exact) mass is 470 g/mol. The first-order valence-corrected chi connectivity index (χ1v) is 11.8. The number of sulfonamides is 1. The number of hydrogen-bond donors (Lipinski definition) is 2. The molecule has 2 aromatic rings. The van der Waals surface area contributed by atoms with Crippen LogP contribution in [0.25, 0.3) is 0 Å². The number of amides is 3. The lowest BCUT2D eigenvalue weighted by molar-refractivity contribution is -0.126. The number of nitrogens with one attached hydrogen (secondary N) is 2. The van der Waals surface area contributed by atoms with E-state index >= 15 is 0 Å². The van der Waals surface area contributed by atoms with Crippen molar-refractivity contribution in [2.75, 3.05) is 45.2 Å². The summed E-state index contributed by atoms with van der Waals surface area (Å²) in [4.78, 5) is 26.8. The normalized spacial score (nSPS) is 17.4. The highest BCUT2D eigenvalue weighted by Crippen LogP contribution is 2.25. The molecule has 1 aliphatic heterocycles. The van der Waals surface area contributed by atoms with Crippen LogP contribution in [0, 0.1) is 5.82 Å². The lowest BCUT2D eigenvalue weighted by Crippen LogP contribution is -2.62. The summed E-state index contributed by atoms with van der Waals surface area (Å²) in [6, 6.07) is 6.76. The van der Waals surface area contributed by atoms with Crippen LogP contribution < -0.4 is 10.6 Å². The number of carbonyl (C=O) groups excluding carboxylic acids is 2. The van der Waals surface area contributed by atoms with Gasteiger partial charge in [-0.3, -0.25) is 4.79 Å². The quantitative estimate of drug-likeness (QED) is 0.597. The molecule has 2 N–H and O–H groups in total. The molecule has 0 bridgehead atoms. The maximum atomic E-state index is 13.1. The molecule has 0 aliphatic carbocycles. The van der Waals surface area contributed by atoms with Crippen molar-refractivity contribution in [3.05, 3.63) is 47.6 Å². The summed E-state index contributed by atoms with van der Waals surface area (Å²) in [5.74, 6) is -0.949. The van der Waals surface area contributed by atoms with Crippen LogP contribution in [-0.2, 0) is 19.6 Å². The minimum atomic E-state index is -3.90. The molecule has 1 unspecified atom stereocenters. The molecular formula is C19H23FN4O5S2. The first-order chi connectivity index (χ1) is 14.8. The lowest BCUT2D eigenvalue weighted by Gasteiger charge is -2.39. The Morgan fingerprint density at radius 3 is 2.61 bits per heavy atom. The minimum absolute atomic E-state index is 0.0422. The van der Waals surface area contributed by atoms with Crippen molar-refractivity contribution in [3.63, 3.8) is 0 Å². The number of hydrogen-bond acceptors (Lipinski definition) is 6. The third-order valence-electron chi connectivity index (χ3n) is 4.68. The van der Waals surface area contributed by atoms with Crippen LogP contribution >= 0.6 is 11.3 Å². The first-order valence-electron chi connectivity index (χ1n) is 9.46. The van der Waals surface area contributed by atoms with Gasteiger partial charge in [0.25, 0.3) is 10.0 Å². The van der Waals surface area contributed by atoms with Gasteiger partial charge in [0.1, 0.15) is 16.1 Å². The fraction of sp³-hybridized carbons (Fsp3) is 0.368. The second kappa shape index (κ2) is 10.2. The van der Waals surface area contributed by atoms with Gasteiger partial charge in [-0.1, -0.05) is 6.07 Å². The van der Waals surface area contributed by atoms with E-state index in [2.05, 4.69) is 10.6 Å². The molecule has 1 aliphatic rings. The van der Waals surface area contributed by atoms with Gasteiger partial charge in [0.2, 0.25) is 5.91 Å². The van der Waals surface area contributed by atoms with E-state index in [1.54, 1.807) is 11.4 Å². The van der Waals surface area contributed by atoms with Gasteiger partial charge in [-0.15, -0.1) is 11.3 Å². The van der Waals surface area contributed by atoms with Crippen molar-refractivity contribution < 1.29 is 27.1 Å². The van der Waals surface area contributed by atoms with E-state index in [4.69, 9.17) is 4.74 Å². The molecule has 9 nitrogen and oxygen atoms in total. The Morgan fingerprint density at radius 2 is 1.97 bits per heavy atom. The van der Waals surface area contributed by atoms with Gasteiger partial charge in [-0.05, 0) is 35.7 Å². The summed E-state index contributed by atoms with van der Waals surface area (Å²) in [5.41, 5.74) is 0.390. The smallest absolute Gasteiger partial charge is 0.321 e. The van der Waals surface area contributed by atoms with E-state index in [-0.39, 0.29) is 37.0 Å². The molecular weight excluding hydrogens is 447 g/mol. The number of nitrogens with zero attached hydrogens (tertiary/aromatic N) is 2. The fourth-order valence-corrected chi connectivity index (χ4v) is 5.80. The number of thiophene rings is 1. The number of halogens is 1. The summed E-state index contributed by atoms with van der Waals surface area (Å²) in [6.45, 7) is 0.404. The maximum absolute atomic E-state index is 13.1. The zero-order chi connectivity index (χ0) is 22.4. The van der Waals surface area contributed by atoms with E-state index in [1.165, 1.54) is 42.3 Å². The number of methoxy groups -OCH3 is 1. The van der Waals surface area contributed by atoms with E-state index in [1.807, 2.05) is 0 Å². The largest absolute Gasteiger partial charge is 0.383 e. The standard InChI is InChI=1S/C19H23FN4O5S2/c1-29-11-8-21-18(25)16-13-23(19(26)22-15-6-4-14(20)5-7-15)9-10-24(16)31(27,28)17-3-2-12-30-17/h2-7,12,16H,8-11,13H2,1H3,(H,21,25)(H,22,26). The van der Waals surface area contributed by atoms with Crippen LogP contribution in [0.5, 0.6) is 0 Å². The topological polar surface area (TPSA) is 108 Å². The predicted molar refractivity (Wildman–Crippen MR) is 114 cm³/mol. The molecule has 2 heterocycles. The van der Waals surface area contributed by atoms with Gasteiger partial charge in [-0.2, -0.15) is 4.31 Å². The van der Waals surface area contributed by atoms with Gasteiger partial charge < -0.3 is 20.3 Å². The predicted octanol–water partition coefficient (Wildman–Crippen LogP) is 1.56. The van der Waals surface area contributed by atoms with Gasteiger partial charge in [-0.25, -0.2) is 17.6 Å². The molecule has 168 valence electrons. The van der Waals surface area contributed by atoms with E-state index in [0.29, 0.717) is 5.69 Å². The van der Waals surface area contributed by atoms with Gasteiger partial charge >= 0.3 is 6.03 Å². The fourth-order valence-electron chi connectivity index (χ4n) is 3.11. The van der Waals surface area contributed by atoms with E-state index in [9.17, 15) is 22.4 Å². The van der Waals surface area contributed by atoms with E-state index in [0.717, 1.165) is 15.6 Å². The molecule has 1 atom stereocenters. The molecule has 3 amide bonds. The minimum Gasteiger partial charge on any atom is -0.383 e. The van der Waals surface area contributed by atoms with Gasteiger partial charge in [0.15, 0.2) is 0 Å². The Bertz CT molecular complexity index is 999. The number of piperazine rings is 1. The van der Waals surface area contributed by atoms with Crippen LogP contribution in [-0.4, -0.2) is 75.5 Å². The number of rotatable bonds is 7. The number of benzene rings is 1. The van der Waals surface area contributed by atoms with Crippen LogP contribution in [0.1, 0.15) is 0 Å². The molecule has 0 radical (unpaired) electrons. The molecule has 31 heavy (non-hydrogen) atoms. The van der Waals surface area contributed by atoms with Crippen molar-refractivity contribution in [2.45, 2.75) is 10.3 Å². The Labute approximate surface area is 183 Å². The molecule has 1 aromatic carbocycles. The number of ether oxygens (including phenoxy) is 1. The average Bonchev–Trinajstić information content (AvgIpc) is 3.31. The second-order valence-corrected chi connectivity index (χ2v) is 9.80. The van der Waals surface area contributed by atoms with Crippen molar-refractivity contribution >= 4 is 39.0 Å². The van der Waals surface area contributed by atoms with E-state index < -0.39 is 33.8 Å². The Hall–Kier alpha value is -2.54. The van der Waals surface area contributed by atoms with Crippen molar-refractivity contribution in [2.24, 2.45) is 0 Å². The zero-order valence-electron chi connectivity index (χ0n) is 16.8. The zero-order valence-corrected chi connectivity index (χ0v) is 18.4. The highest BCUT2D eigenvalue weighted by molar-refractivity contribution is 7.91. The third-order valence-corrected chi connectivity index (χ3v) is 7.96.